The molecule has 0 saturated carbocycles. The van der Waals surface area contributed by atoms with Crippen LogP contribution in [0.5, 0.6) is 0 Å². The lowest BCUT2D eigenvalue weighted by Gasteiger charge is -2.23. The molecule has 4 nitrogen and oxygen atoms in total. The Kier molecular flexibility index (Phi) is 4.34. The third-order valence-electron chi connectivity index (χ3n) is 3.39. The van der Waals surface area contributed by atoms with Crippen molar-refractivity contribution in [1.29, 1.82) is 0 Å². The molecule has 3 N–H and O–H groups in total. The van der Waals surface area contributed by atoms with Crippen LogP contribution in [-0.4, -0.2) is 34.2 Å². The number of aromatic nitrogens is 1. The van der Waals surface area contributed by atoms with Gasteiger partial charge in [-0.05, 0) is 44.4 Å². The van der Waals surface area contributed by atoms with E-state index >= 15 is 0 Å². The summed E-state index contributed by atoms with van der Waals surface area (Å²) < 4.78 is 0. The second-order valence-electron chi connectivity index (χ2n) is 4.69. The van der Waals surface area contributed by atoms with Crippen LogP contribution in [0.1, 0.15) is 31.4 Å². The fourth-order valence-corrected chi connectivity index (χ4v) is 2.55. The first kappa shape index (κ1) is 12.3. The minimum atomic E-state index is 0.293. The van der Waals surface area contributed by atoms with E-state index in [9.17, 15) is 0 Å². The summed E-state index contributed by atoms with van der Waals surface area (Å²) in [5.74, 6) is 0.591. The normalized spacial score (nSPS) is 20.9. The maximum Gasteiger partial charge on any atom is 0.123 e. The van der Waals surface area contributed by atoms with Crippen LogP contribution in [-0.2, 0) is 6.54 Å². The van der Waals surface area contributed by atoms with Crippen LogP contribution < -0.4 is 5.73 Å². The fourth-order valence-electron chi connectivity index (χ4n) is 2.55. The van der Waals surface area contributed by atoms with Gasteiger partial charge in [-0.1, -0.05) is 6.07 Å². The van der Waals surface area contributed by atoms with Crippen LogP contribution in [0.4, 0.5) is 5.82 Å². The van der Waals surface area contributed by atoms with E-state index in [1.807, 2.05) is 18.2 Å². The highest BCUT2D eigenvalue weighted by atomic mass is 16.2. The SMILES string of the molecule is Nc1cccc(CN2CCCC2CCCO)n1. The number of aliphatic hydroxyl groups is 1. The summed E-state index contributed by atoms with van der Waals surface area (Å²) in [6, 6.07) is 6.40. The number of nitrogens with two attached hydrogens (primary N) is 1. The molecule has 0 bridgehead atoms. The fraction of sp³-hybridized carbons (Fsp3) is 0.615. The highest BCUT2D eigenvalue weighted by Crippen LogP contribution is 2.23. The molecule has 1 fully saturated rings. The number of nitrogen functional groups attached to an aromatic ring is 1. The van der Waals surface area contributed by atoms with Crippen molar-refractivity contribution in [2.75, 3.05) is 18.9 Å². The van der Waals surface area contributed by atoms with E-state index in [4.69, 9.17) is 10.8 Å². The molecular formula is C13H21N3O. The summed E-state index contributed by atoms with van der Waals surface area (Å²) in [7, 11) is 0. The van der Waals surface area contributed by atoms with Crippen molar-refractivity contribution in [3.63, 3.8) is 0 Å². The quantitative estimate of drug-likeness (QED) is 0.810. The third kappa shape index (κ3) is 3.41. The van der Waals surface area contributed by atoms with Gasteiger partial charge in [0, 0.05) is 19.2 Å². The molecule has 0 radical (unpaired) electrons. The van der Waals surface area contributed by atoms with Crippen LogP contribution in [0.2, 0.25) is 0 Å². The molecule has 17 heavy (non-hydrogen) atoms. The Balaban J connectivity index is 1.93. The van der Waals surface area contributed by atoms with Crippen LogP contribution in [0.15, 0.2) is 18.2 Å². The minimum absolute atomic E-state index is 0.293. The van der Waals surface area contributed by atoms with Gasteiger partial charge in [0.05, 0.1) is 5.69 Å². The van der Waals surface area contributed by atoms with E-state index in [0.717, 1.165) is 31.6 Å². The average molecular weight is 235 g/mol. The molecule has 1 aromatic heterocycles. The number of likely N-dealkylation sites (tertiary alicyclic amines) is 1. The maximum absolute atomic E-state index is 8.89. The van der Waals surface area contributed by atoms with Crippen molar-refractivity contribution < 1.29 is 5.11 Å². The standard InChI is InChI=1S/C13H21N3O/c14-13-7-1-4-11(15-13)10-16-8-2-5-12(16)6-3-9-17/h1,4,7,12,17H,2-3,5-6,8-10H2,(H2,14,15). The molecule has 0 spiro atoms. The predicted octanol–water partition coefficient (Wildman–Crippen LogP) is 1.40. The highest BCUT2D eigenvalue weighted by Gasteiger charge is 2.24. The average Bonchev–Trinajstić information content (AvgIpc) is 2.74. The minimum Gasteiger partial charge on any atom is -0.396 e. The largest absolute Gasteiger partial charge is 0.396 e. The molecule has 1 atom stereocenters. The Morgan fingerprint density at radius 2 is 2.35 bits per heavy atom. The Morgan fingerprint density at radius 1 is 1.47 bits per heavy atom. The number of pyridine rings is 1. The number of hydrogen-bond donors (Lipinski definition) is 2. The summed E-state index contributed by atoms with van der Waals surface area (Å²) in [5.41, 5.74) is 6.73. The van der Waals surface area contributed by atoms with Gasteiger partial charge in [0.1, 0.15) is 5.82 Å². The molecule has 0 amide bonds. The first-order valence-corrected chi connectivity index (χ1v) is 6.36. The lowest BCUT2D eigenvalue weighted by Crippen LogP contribution is -2.29. The zero-order valence-electron chi connectivity index (χ0n) is 10.2. The summed E-state index contributed by atoms with van der Waals surface area (Å²) in [6.07, 6.45) is 4.46. The van der Waals surface area contributed by atoms with Gasteiger partial charge in [0.25, 0.3) is 0 Å². The molecule has 0 aromatic carbocycles. The number of aliphatic hydroxyl groups excluding tert-OH is 1. The monoisotopic (exact) mass is 235 g/mol. The molecule has 1 aliphatic rings. The van der Waals surface area contributed by atoms with E-state index in [1.54, 1.807) is 0 Å². The van der Waals surface area contributed by atoms with Gasteiger partial charge >= 0.3 is 0 Å². The first-order chi connectivity index (χ1) is 8.29. The van der Waals surface area contributed by atoms with Crippen molar-refractivity contribution in [2.24, 2.45) is 0 Å². The number of hydrogen-bond acceptors (Lipinski definition) is 4. The van der Waals surface area contributed by atoms with Crippen molar-refractivity contribution in [3.05, 3.63) is 23.9 Å². The van der Waals surface area contributed by atoms with Crippen molar-refractivity contribution in [3.8, 4) is 0 Å². The molecule has 1 aromatic rings. The molecular weight excluding hydrogens is 214 g/mol. The Hall–Kier alpha value is -1.13. The van der Waals surface area contributed by atoms with Crippen LogP contribution in [0.3, 0.4) is 0 Å². The second kappa shape index (κ2) is 5.98. The van der Waals surface area contributed by atoms with Gasteiger partial charge in [-0.25, -0.2) is 4.98 Å². The second-order valence-corrected chi connectivity index (χ2v) is 4.69. The number of nitrogens with zero attached hydrogens (tertiary/aromatic N) is 2. The van der Waals surface area contributed by atoms with Crippen LogP contribution in [0, 0.1) is 0 Å². The van der Waals surface area contributed by atoms with E-state index < -0.39 is 0 Å². The topological polar surface area (TPSA) is 62.4 Å². The smallest absolute Gasteiger partial charge is 0.123 e. The summed E-state index contributed by atoms with van der Waals surface area (Å²) in [4.78, 5) is 6.79. The van der Waals surface area contributed by atoms with Gasteiger partial charge in [-0.3, -0.25) is 4.90 Å². The predicted molar refractivity (Wildman–Crippen MR) is 68.4 cm³/mol. The number of anilines is 1. The molecule has 1 saturated heterocycles. The molecule has 94 valence electrons. The van der Waals surface area contributed by atoms with Gasteiger partial charge in [0.2, 0.25) is 0 Å². The third-order valence-corrected chi connectivity index (χ3v) is 3.39. The van der Waals surface area contributed by atoms with Crippen molar-refractivity contribution in [2.45, 2.75) is 38.3 Å². The lowest BCUT2D eigenvalue weighted by atomic mass is 10.1. The van der Waals surface area contributed by atoms with Gasteiger partial charge in [0.15, 0.2) is 0 Å². The van der Waals surface area contributed by atoms with Crippen LogP contribution >= 0.6 is 0 Å². The van der Waals surface area contributed by atoms with Gasteiger partial charge in [-0.15, -0.1) is 0 Å². The summed E-state index contributed by atoms with van der Waals surface area (Å²) in [6.45, 7) is 2.30. The Labute approximate surface area is 102 Å². The van der Waals surface area contributed by atoms with E-state index in [2.05, 4.69) is 9.88 Å². The lowest BCUT2D eigenvalue weighted by molar-refractivity contribution is 0.208. The molecule has 4 heteroatoms. The zero-order valence-corrected chi connectivity index (χ0v) is 10.2. The highest BCUT2D eigenvalue weighted by molar-refractivity contribution is 5.28. The number of rotatable bonds is 5. The van der Waals surface area contributed by atoms with E-state index in [0.29, 0.717) is 18.5 Å². The van der Waals surface area contributed by atoms with Crippen molar-refractivity contribution >= 4 is 5.82 Å². The maximum atomic E-state index is 8.89. The summed E-state index contributed by atoms with van der Waals surface area (Å²) >= 11 is 0. The van der Waals surface area contributed by atoms with Crippen molar-refractivity contribution in [1.82, 2.24) is 9.88 Å². The van der Waals surface area contributed by atoms with Crippen LogP contribution in [0.25, 0.3) is 0 Å². The molecule has 2 rings (SSSR count). The van der Waals surface area contributed by atoms with E-state index in [1.165, 1.54) is 12.8 Å². The Morgan fingerprint density at radius 3 is 3.12 bits per heavy atom. The molecule has 1 unspecified atom stereocenters. The molecule has 0 aliphatic carbocycles. The Bertz CT molecular complexity index is 356. The zero-order chi connectivity index (χ0) is 12.1. The first-order valence-electron chi connectivity index (χ1n) is 6.36. The van der Waals surface area contributed by atoms with Gasteiger partial charge in [-0.2, -0.15) is 0 Å². The van der Waals surface area contributed by atoms with E-state index in [-0.39, 0.29) is 0 Å². The van der Waals surface area contributed by atoms with Gasteiger partial charge < -0.3 is 10.8 Å². The summed E-state index contributed by atoms with van der Waals surface area (Å²) in [5, 5.41) is 8.89. The molecule has 2 heterocycles. The molecule has 1 aliphatic heterocycles.